The number of nitrogens with zero attached hydrogens (tertiary/aromatic N) is 1. The van der Waals surface area contributed by atoms with E-state index in [-0.39, 0.29) is 34.4 Å². The maximum atomic E-state index is 14.7. The third-order valence-electron chi connectivity index (χ3n) is 5.47. The number of anilines is 1. The average Bonchev–Trinajstić information content (AvgIpc) is 2.78. The quantitative estimate of drug-likeness (QED) is 0.536. The molecule has 0 bridgehead atoms. The van der Waals surface area contributed by atoms with Crippen LogP contribution in [-0.2, 0) is 0 Å². The number of aromatic hydroxyl groups is 1. The van der Waals surface area contributed by atoms with E-state index in [1.54, 1.807) is 30.3 Å². The van der Waals surface area contributed by atoms with Crippen molar-refractivity contribution in [1.29, 1.82) is 0 Å². The minimum atomic E-state index is -0.387. The molecule has 0 aliphatic carbocycles. The maximum Gasteiger partial charge on any atom is 0.200 e. The number of phenolic OH excluding ortho intramolecular Hbond substituents is 1. The molecule has 1 saturated heterocycles. The molecule has 1 heterocycles. The Bertz CT molecular complexity index is 912. The number of allylic oxidation sites excluding steroid dienone is 1. The summed E-state index contributed by atoms with van der Waals surface area (Å²) in [6.07, 6.45) is 2.94. The number of piperazine rings is 1. The van der Waals surface area contributed by atoms with E-state index in [9.17, 15) is 14.3 Å². The number of carbonyl (C=O) groups is 1. The number of likely N-dealkylation sites (N-methyl/N-ethyl adjacent to an activating group) is 1. The summed E-state index contributed by atoms with van der Waals surface area (Å²) in [6, 6.07) is 7.80. The van der Waals surface area contributed by atoms with E-state index in [4.69, 9.17) is 9.47 Å². The van der Waals surface area contributed by atoms with Crippen LogP contribution in [0.15, 0.2) is 36.4 Å². The van der Waals surface area contributed by atoms with E-state index in [1.807, 2.05) is 4.90 Å². The number of phenols is 1. The fourth-order valence-electron chi connectivity index (χ4n) is 3.61. The summed E-state index contributed by atoms with van der Waals surface area (Å²) >= 11 is 0. The van der Waals surface area contributed by atoms with Gasteiger partial charge in [0.05, 0.1) is 52.6 Å². The number of hydrogen-bond donors (Lipinski definition) is 2. The largest absolute Gasteiger partial charge is 0.502 e. The number of ketones is 1. The second-order valence-corrected chi connectivity index (χ2v) is 7.23. The highest BCUT2D eigenvalue weighted by Crippen LogP contribution is 2.37. The third-order valence-corrected chi connectivity index (χ3v) is 5.47. The number of carbonyl (C=O) groups excluding carboxylic acids is 1. The normalized spacial score (nSPS) is 14.9. The van der Waals surface area contributed by atoms with Gasteiger partial charge >= 0.3 is 0 Å². The van der Waals surface area contributed by atoms with Gasteiger partial charge in [0.1, 0.15) is 5.82 Å². The Morgan fingerprint density at radius 2 is 1.80 bits per heavy atom. The molecular formula is C23H28FN2O4+. The Balaban J connectivity index is 1.74. The molecule has 2 aromatic carbocycles. The lowest BCUT2D eigenvalue weighted by atomic mass is 10.1. The van der Waals surface area contributed by atoms with Gasteiger partial charge in [-0.15, -0.1) is 0 Å². The number of rotatable bonds is 7. The smallest absolute Gasteiger partial charge is 0.200 e. The number of ether oxygens (including phenoxy) is 2. The Labute approximate surface area is 176 Å². The molecule has 1 fully saturated rings. The predicted molar refractivity (Wildman–Crippen MR) is 114 cm³/mol. The Kier molecular flexibility index (Phi) is 6.95. The van der Waals surface area contributed by atoms with Crippen molar-refractivity contribution in [3.05, 3.63) is 53.4 Å². The van der Waals surface area contributed by atoms with E-state index in [1.165, 1.54) is 31.3 Å². The molecule has 0 amide bonds. The van der Waals surface area contributed by atoms with Crippen molar-refractivity contribution in [3.8, 4) is 17.2 Å². The minimum Gasteiger partial charge on any atom is -0.502 e. The first-order valence-electron chi connectivity index (χ1n) is 10.0. The van der Waals surface area contributed by atoms with Gasteiger partial charge in [-0.1, -0.05) is 6.08 Å². The molecule has 0 saturated carbocycles. The van der Waals surface area contributed by atoms with Crippen LogP contribution in [-0.4, -0.2) is 57.8 Å². The number of quaternary nitrogens is 1. The van der Waals surface area contributed by atoms with Gasteiger partial charge in [0, 0.05) is 5.56 Å². The number of hydrogen-bond acceptors (Lipinski definition) is 5. The van der Waals surface area contributed by atoms with Crippen LogP contribution < -0.4 is 19.3 Å². The molecule has 2 N–H and O–H groups in total. The topological polar surface area (TPSA) is 63.4 Å². The molecular weight excluding hydrogens is 387 g/mol. The number of benzene rings is 2. The molecule has 6 nitrogen and oxygen atoms in total. The van der Waals surface area contributed by atoms with Crippen molar-refractivity contribution in [3.63, 3.8) is 0 Å². The van der Waals surface area contributed by atoms with Crippen molar-refractivity contribution in [1.82, 2.24) is 0 Å². The van der Waals surface area contributed by atoms with E-state index in [2.05, 4.69) is 6.92 Å². The molecule has 30 heavy (non-hydrogen) atoms. The lowest BCUT2D eigenvalue weighted by Gasteiger charge is -2.33. The number of halogens is 1. The summed E-state index contributed by atoms with van der Waals surface area (Å²) in [7, 11) is 2.86. The summed E-state index contributed by atoms with van der Waals surface area (Å²) in [5.41, 5.74) is 1.44. The van der Waals surface area contributed by atoms with Crippen LogP contribution in [0.25, 0.3) is 6.08 Å². The second-order valence-electron chi connectivity index (χ2n) is 7.23. The summed E-state index contributed by atoms with van der Waals surface area (Å²) in [6.45, 7) is 6.81. The van der Waals surface area contributed by atoms with E-state index in [0.29, 0.717) is 11.3 Å². The SMILES string of the molecule is CC[NH+]1CCN(c2ccc(C(=O)/C=C/c3cc(OC)c(O)c(OC)c3)cc2F)CC1. The van der Waals surface area contributed by atoms with Crippen LogP contribution in [0.1, 0.15) is 22.8 Å². The number of nitrogens with one attached hydrogen (secondary N) is 1. The Morgan fingerprint density at radius 1 is 1.17 bits per heavy atom. The molecule has 3 rings (SSSR count). The molecule has 0 atom stereocenters. The van der Waals surface area contributed by atoms with Crippen LogP contribution in [0.4, 0.5) is 10.1 Å². The van der Waals surface area contributed by atoms with Gasteiger partial charge in [0.25, 0.3) is 0 Å². The summed E-state index contributed by atoms with van der Waals surface area (Å²) in [5, 5.41) is 9.97. The summed E-state index contributed by atoms with van der Waals surface area (Å²) in [4.78, 5) is 16.1. The van der Waals surface area contributed by atoms with E-state index >= 15 is 0 Å². The fourth-order valence-corrected chi connectivity index (χ4v) is 3.61. The molecule has 0 unspecified atom stereocenters. The van der Waals surface area contributed by atoms with Gasteiger partial charge in [-0.25, -0.2) is 4.39 Å². The number of methoxy groups -OCH3 is 2. The maximum absolute atomic E-state index is 14.7. The molecule has 0 aromatic heterocycles. The molecule has 1 aliphatic heterocycles. The molecule has 0 spiro atoms. The molecule has 0 radical (unpaired) electrons. The zero-order chi connectivity index (χ0) is 21.7. The van der Waals surface area contributed by atoms with Crippen molar-refractivity contribution in [2.75, 3.05) is 51.8 Å². The highest BCUT2D eigenvalue weighted by atomic mass is 19.1. The van der Waals surface area contributed by atoms with Crippen molar-refractivity contribution < 1.29 is 28.7 Å². The highest BCUT2D eigenvalue weighted by molar-refractivity contribution is 6.07. The van der Waals surface area contributed by atoms with Crippen LogP contribution in [0.5, 0.6) is 17.2 Å². The lowest BCUT2D eigenvalue weighted by Crippen LogP contribution is -3.14. The molecule has 1 aliphatic rings. The second kappa shape index (κ2) is 9.63. The van der Waals surface area contributed by atoms with E-state index in [0.717, 1.165) is 32.7 Å². The first kappa shape index (κ1) is 21.6. The van der Waals surface area contributed by atoms with Crippen LogP contribution in [0.3, 0.4) is 0 Å². The van der Waals surface area contributed by atoms with Gasteiger partial charge in [0.15, 0.2) is 17.3 Å². The van der Waals surface area contributed by atoms with Crippen LogP contribution in [0, 0.1) is 5.82 Å². The first-order valence-corrected chi connectivity index (χ1v) is 10.0. The average molecular weight is 415 g/mol. The molecule has 160 valence electrons. The minimum absolute atomic E-state index is 0.109. The Morgan fingerprint density at radius 3 is 2.33 bits per heavy atom. The van der Waals surface area contributed by atoms with E-state index < -0.39 is 0 Å². The lowest BCUT2D eigenvalue weighted by molar-refractivity contribution is -0.898. The zero-order valence-corrected chi connectivity index (χ0v) is 17.6. The standard InChI is InChI=1S/C23H27FN2O4/c1-4-25-9-11-26(12-10-25)19-7-6-17(15-18(19)24)20(27)8-5-16-13-21(29-2)23(28)22(14-16)30-3/h5-8,13-15,28H,4,9-12H2,1-3H3/p+1/b8-5+. The summed E-state index contributed by atoms with van der Waals surface area (Å²) < 4.78 is 24.9. The van der Waals surface area contributed by atoms with Crippen molar-refractivity contribution in [2.24, 2.45) is 0 Å². The first-order chi connectivity index (χ1) is 14.5. The van der Waals surface area contributed by atoms with Gasteiger partial charge in [-0.3, -0.25) is 4.79 Å². The monoisotopic (exact) mass is 415 g/mol. The van der Waals surface area contributed by atoms with Gasteiger partial charge in [-0.2, -0.15) is 0 Å². The fraction of sp³-hybridized carbons (Fsp3) is 0.348. The zero-order valence-electron chi connectivity index (χ0n) is 17.6. The third kappa shape index (κ3) is 4.74. The molecule has 7 heteroatoms. The van der Waals surface area contributed by atoms with Crippen LogP contribution >= 0.6 is 0 Å². The Hall–Kier alpha value is -3.06. The van der Waals surface area contributed by atoms with Gasteiger partial charge < -0.3 is 24.4 Å². The van der Waals surface area contributed by atoms with Crippen molar-refractivity contribution >= 4 is 17.5 Å². The molecule has 2 aromatic rings. The van der Waals surface area contributed by atoms with Crippen molar-refractivity contribution in [2.45, 2.75) is 6.92 Å². The van der Waals surface area contributed by atoms with Crippen LogP contribution in [0.2, 0.25) is 0 Å². The highest BCUT2D eigenvalue weighted by Gasteiger charge is 2.21. The van der Waals surface area contributed by atoms with Gasteiger partial charge in [-0.05, 0) is 48.9 Å². The predicted octanol–water partition coefficient (Wildman–Crippen LogP) is 2.17. The van der Waals surface area contributed by atoms with Gasteiger partial charge in [0.2, 0.25) is 5.75 Å². The summed E-state index contributed by atoms with van der Waals surface area (Å²) in [5.74, 6) is -0.333.